The first-order valence-electron chi connectivity index (χ1n) is 5.06. The molecule has 0 amide bonds. The van der Waals surface area contributed by atoms with Gasteiger partial charge in [0.25, 0.3) is 5.82 Å². The van der Waals surface area contributed by atoms with E-state index in [0.29, 0.717) is 5.41 Å². The number of rotatable bonds is 2. The predicted octanol–water partition coefficient (Wildman–Crippen LogP) is 2.09. The van der Waals surface area contributed by atoms with Gasteiger partial charge in [0.05, 0.1) is 26.8 Å². The minimum Gasteiger partial charge on any atom is -0.267 e. The summed E-state index contributed by atoms with van der Waals surface area (Å²) in [5, 5.41) is 0. The molecule has 2 heteroatoms. The molecule has 14 heavy (non-hydrogen) atoms. The molecule has 1 heterocycles. The van der Waals surface area contributed by atoms with Gasteiger partial charge in [0.15, 0.2) is 0 Å². The molecule has 78 valence electrons. The summed E-state index contributed by atoms with van der Waals surface area (Å²) in [6.07, 6.45) is 2.14. The average molecular weight is 193 g/mol. The topological polar surface area (TPSA) is 7.12 Å². The number of pyridine rings is 1. The maximum atomic E-state index is 2.29. The molecule has 0 aliphatic rings. The quantitative estimate of drug-likeness (QED) is 0.652. The maximum absolute atomic E-state index is 2.29. The van der Waals surface area contributed by atoms with Gasteiger partial charge in [-0.25, -0.2) is 4.57 Å². The highest BCUT2D eigenvalue weighted by Crippen LogP contribution is 2.14. The minimum atomic E-state index is 0.316. The maximum Gasteiger partial charge on any atom is 0.276 e. The molecule has 0 bridgehead atoms. The molecular weight excluding hydrogens is 172 g/mol. The Morgan fingerprint density at radius 2 is 1.86 bits per heavy atom. The van der Waals surface area contributed by atoms with Crippen molar-refractivity contribution in [1.82, 2.24) is 0 Å². The van der Waals surface area contributed by atoms with E-state index < -0.39 is 0 Å². The summed E-state index contributed by atoms with van der Waals surface area (Å²) >= 11 is 0. The Morgan fingerprint density at radius 1 is 1.21 bits per heavy atom. The van der Waals surface area contributed by atoms with Gasteiger partial charge in [-0.15, -0.1) is 0 Å². The Hall–Kier alpha value is -1.05. The van der Waals surface area contributed by atoms with Crippen LogP contribution in [0.4, 0.5) is 5.82 Å². The van der Waals surface area contributed by atoms with Crippen molar-refractivity contribution in [3.05, 3.63) is 24.4 Å². The Morgan fingerprint density at radius 3 is 2.36 bits per heavy atom. The SMILES string of the molecule is CN(C)c1cccc[n+]1CC(C)(C)C. The van der Waals surface area contributed by atoms with Crippen LogP contribution in [-0.4, -0.2) is 14.1 Å². The number of hydrogen-bond acceptors (Lipinski definition) is 1. The third-order valence-corrected chi connectivity index (χ3v) is 2.02. The van der Waals surface area contributed by atoms with Crippen molar-refractivity contribution in [2.24, 2.45) is 5.41 Å². The minimum absolute atomic E-state index is 0.316. The van der Waals surface area contributed by atoms with Crippen molar-refractivity contribution in [1.29, 1.82) is 0 Å². The second-order valence-corrected chi connectivity index (χ2v) is 5.14. The van der Waals surface area contributed by atoms with Gasteiger partial charge in [0, 0.05) is 6.07 Å². The second-order valence-electron chi connectivity index (χ2n) is 5.14. The van der Waals surface area contributed by atoms with Crippen LogP contribution in [0, 0.1) is 5.41 Å². The lowest BCUT2D eigenvalue weighted by Crippen LogP contribution is -2.44. The van der Waals surface area contributed by atoms with Crippen molar-refractivity contribution < 1.29 is 4.57 Å². The van der Waals surface area contributed by atoms with E-state index in [1.807, 2.05) is 0 Å². The number of aromatic nitrogens is 1. The van der Waals surface area contributed by atoms with Crippen molar-refractivity contribution in [3.8, 4) is 0 Å². The van der Waals surface area contributed by atoms with Crippen LogP contribution < -0.4 is 9.47 Å². The second kappa shape index (κ2) is 3.99. The van der Waals surface area contributed by atoms with Crippen LogP contribution in [0.2, 0.25) is 0 Å². The first-order valence-corrected chi connectivity index (χ1v) is 5.06. The largest absolute Gasteiger partial charge is 0.276 e. The van der Waals surface area contributed by atoms with Crippen molar-refractivity contribution in [2.45, 2.75) is 27.3 Å². The smallest absolute Gasteiger partial charge is 0.267 e. The highest BCUT2D eigenvalue weighted by Gasteiger charge is 2.18. The standard InChI is InChI=1S/C12H21N2/c1-12(2,3)10-14-9-7-6-8-11(14)13(4)5/h6-9H,10H2,1-5H3/q+1. The van der Waals surface area contributed by atoms with Crippen LogP contribution >= 0.6 is 0 Å². The van der Waals surface area contributed by atoms with Gasteiger partial charge in [-0.05, 0) is 11.5 Å². The fraction of sp³-hybridized carbons (Fsp3) is 0.583. The summed E-state index contributed by atoms with van der Waals surface area (Å²) in [5.41, 5.74) is 0.316. The Balaban J connectivity index is 2.96. The van der Waals surface area contributed by atoms with Gasteiger partial charge in [-0.1, -0.05) is 26.8 Å². The number of nitrogens with zero attached hydrogens (tertiary/aromatic N) is 2. The van der Waals surface area contributed by atoms with E-state index >= 15 is 0 Å². The molecule has 0 aliphatic carbocycles. The summed E-state index contributed by atoms with van der Waals surface area (Å²) in [6.45, 7) is 7.81. The zero-order valence-corrected chi connectivity index (χ0v) is 9.91. The monoisotopic (exact) mass is 193 g/mol. The molecule has 0 saturated carbocycles. The molecule has 0 saturated heterocycles. The van der Waals surface area contributed by atoms with Gasteiger partial charge in [0.1, 0.15) is 0 Å². The van der Waals surface area contributed by atoms with Crippen molar-refractivity contribution in [2.75, 3.05) is 19.0 Å². The third kappa shape index (κ3) is 3.02. The van der Waals surface area contributed by atoms with E-state index in [1.54, 1.807) is 0 Å². The van der Waals surface area contributed by atoms with Crippen LogP contribution in [0.25, 0.3) is 0 Å². The summed E-state index contributed by atoms with van der Waals surface area (Å²) in [7, 11) is 4.16. The van der Waals surface area contributed by atoms with Gasteiger partial charge >= 0.3 is 0 Å². The lowest BCUT2D eigenvalue weighted by molar-refractivity contribution is -0.696. The van der Waals surface area contributed by atoms with E-state index in [9.17, 15) is 0 Å². The van der Waals surface area contributed by atoms with Crippen LogP contribution in [0.1, 0.15) is 20.8 Å². The van der Waals surface area contributed by atoms with Crippen molar-refractivity contribution >= 4 is 5.82 Å². The Bertz CT molecular complexity index is 297. The molecule has 0 aliphatic heterocycles. The normalized spacial score (nSPS) is 11.5. The fourth-order valence-corrected chi connectivity index (χ4v) is 1.52. The first-order chi connectivity index (χ1) is 6.40. The molecule has 0 radical (unpaired) electrons. The first kappa shape index (κ1) is 11.0. The van der Waals surface area contributed by atoms with Gasteiger partial charge in [0.2, 0.25) is 0 Å². The molecule has 0 spiro atoms. The Labute approximate surface area is 87.2 Å². The molecular formula is C12H21N2+. The van der Waals surface area contributed by atoms with E-state index in [2.05, 4.69) is 68.7 Å². The molecule has 1 aromatic rings. The molecule has 0 atom stereocenters. The molecule has 0 unspecified atom stereocenters. The van der Waals surface area contributed by atoms with Crippen LogP contribution in [-0.2, 0) is 6.54 Å². The number of anilines is 1. The molecule has 1 aromatic heterocycles. The summed E-state index contributed by atoms with van der Waals surface area (Å²) in [5.74, 6) is 1.25. The summed E-state index contributed by atoms with van der Waals surface area (Å²) in [6, 6.07) is 6.30. The van der Waals surface area contributed by atoms with Crippen LogP contribution in [0.3, 0.4) is 0 Å². The molecule has 0 N–H and O–H groups in total. The number of hydrogen-bond donors (Lipinski definition) is 0. The lowest BCUT2D eigenvalue weighted by atomic mass is 9.97. The zero-order chi connectivity index (χ0) is 10.8. The third-order valence-electron chi connectivity index (χ3n) is 2.02. The summed E-state index contributed by atoms with van der Waals surface area (Å²) in [4.78, 5) is 2.14. The van der Waals surface area contributed by atoms with Gasteiger partial charge < -0.3 is 0 Å². The van der Waals surface area contributed by atoms with E-state index in [4.69, 9.17) is 0 Å². The van der Waals surface area contributed by atoms with E-state index in [-0.39, 0.29) is 0 Å². The van der Waals surface area contributed by atoms with E-state index in [0.717, 1.165) is 6.54 Å². The van der Waals surface area contributed by atoms with Crippen LogP contribution in [0.15, 0.2) is 24.4 Å². The van der Waals surface area contributed by atoms with E-state index in [1.165, 1.54) is 5.82 Å². The molecule has 2 nitrogen and oxygen atoms in total. The average Bonchev–Trinajstić information content (AvgIpc) is 2.01. The van der Waals surface area contributed by atoms with Crippen LogP contribution in [0.5, 0.6) is 0 Å². The Kier molecular flexibility index (Phi) is 3.14. The van der Waals surface area contributed by atoms with Gasteiger partial charge in [-0.3, -0.25) is 4.90 Å². The van der Waals surface area contributed by atoms with Crippen molar-refractivity contribution in [3.63, 3.8) is 0 Å². The lowest BCUT2D eigenvalue weighted by Gasteiger charge is -2.19. The summed E-state index contributed by atoms with van der Waals surface area (Å²) < 4.78 is 2.29. The molecule has 0 fully saturated rings. The highest BCUT2D eigenvalue weighted by molar-refractivity contribution is 5.29. The zero-order valence-electron chi connectivity index (χ0n) is 9.91. The molecule has 0 aromatic carbocycles. The molecule has 1 rings (SSSR count). The highest BCUT2D eigenvalue weighted by atomic mass is 15.2. The van der Waals surface area contributed by atoms with Gasteiger partial charge in [-0.2, -0.15) is 0 Å². The fourth-order valence-electron chi connectivity index (χ4n) is 1.52. The predicted molar refractivity (Wildman–Crippen MR) is 60.4 cm³/mol.